The summed E-state index contributed by atoms with van der Waals surface area (Å²) in [7, 11) is 1.62. The minimum atomic E-state index is -1.03. The van der Waals surface area contributed by atoms with Crippen LogP contribution in [0.4, 0.5) is 0 Å². The van der Waals surface area contributed by atoms with Gasteiger partial charge >= 0.3 is 0 Å². The zero-order valence-electron chi connectivity index (χ0n) is 16.7. The van der Waals surface area contributed by atoms with Gasteiger partial charge in [-0.2, -0.15) is 0 Å². The number of rotatable bonds is 10. The molecule has 3 aromatic carbocycles. The van der Waals surface area contributed by atoms with Crippen molar-refractivity contribution in [1.82, 2.24) is 0 Å². The fraction of sp³-hybridized carbons (Fsp3) is 0.280. The molecule has 152 valence electrons. The van der Waals surface area contributed by atoms with Gasteiger partial charge in [0.1, 0.15) is 11.4 Å². The summed E-state index contributed by atoms with van der Waals surface area (Å²) in [6.07, 6.45) is 0.455. The van der Waals surface area contributed by atoms with Crippen molar-refractivity contribution in [2.45, 2.75) is 24.5 Å². The van der Waals surface area contributed by atoms with Gasteiger partial charge in [0.25, 0.3) is 0 Å². The number of ether oxygens (including phenoxy) is 2. The third-order valence-corrected chi connectivity index (χ3v) is 5.32. The lowest BCUT2D eigenvalue weighted by molar-refractivity contribution is -0.117. The zero-order chi connectivity index (χ0) is 20.5. The van der Waals surface area contributed by atoms with E-state index in [0.29, 0.717) is 18.8 Å². The van der Waals surface area contributed by atoms with Crippen LogP contribution in [0.1, 0.15) is 29.0 Å². The van der Waals surface area contributed by atoms with E-state index in [0.717, 1.165) is 16.7 Å². The number of hydrogen-bond donors (Lipinski definition) is 2. The first-order valence-corrected chi connectivity index (χ1v) is 9.82. The second-order valence-corrected chi connectivity index (χ2v) is 7.03. The topological polar surface area (TPSA) is 58.9 Å². The lowest BCUT2D eigenvalue weighted by Gasteiger charge is -2.40. The number of benzene rings is 3. The van der Waals surface area contributed by atoms with Gasteiger partial charge in [-0.3, -0.25) is 0 Å². The van der Waals surface area contributed by atoms with Gasteiger partial charge < -0.3 is 19.7 Å². The molecule has 0 fully saturated rings. The molecule has 0 spiro atoms. The fourth-order valence-electron chi connectivity index (χ4n) is 3.79. The highest BCUT2D eigenvalue weighted by molar-refractivity contribution is 5.37. The predicted octanol–water partition coefficient (Wildman–Crippen LogP) is 4.27. The Bertz CT molecular complexity index is 866. The third kappa shape index (κ3) is 4.85. The summed E-state index contributed by atoms with van der Waals surface area (Å²) in [5.74, 6) is 0.453. The largest absolute Gasteiger partial charge is 0.497 e. The number of methoxy groups -OCH3 is 1. The molecule has 0 saturated carbocycles. The van der Waals surface area contributed by atoms with E-state index in [-0.39, 0.29) is 19.1 Å². The Morgan fingerprint density at radius 2 is 1.55 bits per heavy atom. The summed E-state index contributed by atoms with van der Waals surface area (Å²) >= 11 is 0. The molecule has 0 aliphatic heterocycles. The Balaban J connectivity index is 2.09. The maximum Gasteiger partial charge on any atom is 0.123 e. The van der Waals surface area contributed by atoms with Crippen molar-refractivity contribution in [2.24, 2.45) is 0 Å². The quantitative estimate of drug-likeness (QED) is 0.541. The molecular weight excluding hydrogens is 364 g/mol. The molecule has 2 N–H and O–H groups in total. The van der Waals surface area contributed by atoms with Crippen molar-refractivity contribution >= 4 is 0 Å². The van der Waals surface area contributed by atoms with Crippen LogP contribution in [-0.4, -0.2) is 30.5 Å². The van der Waals surface area contributed by atoms with Crippen LogP contribution in [0.25, 0.3) is 0 Å². The molecule has 0 heterocycles. The SMILES string of the molecule is COc1cccc([C@](CO)(OCc2ccccc2)[C@@H](CCO)c2ccccc2)c1. The van der Waals surface area contributed by atoms with Crippen LogP contribution in [0.15, 0.2) is 84.9 Å². The summed E-state index contributed by atoms with van der Waals surface area (Å²) in [5, 5.41) is 20.5. The highest BCUT2D eigenvalue weighted by atomic mass is 16.5. The molecule has 0 unspecified atom stereocenters. The molecule has 3 aromatic rings. The first-order valence-electron chi connectivity index (χ1n) is 9.82. The maximum atomic E-state index is 10.7. The average molecular weight is 392 g/mol. The molecule has 4 nitrogen and oxygen atoms in total. The molecule has 2 atom stereocenters. The van der Waals surface area contributed by atoms with E-state index in [1.165, 1.54) is 0 Å². The molecule has 0 radical (unpaired) electrons. The number of aliphatic hydroxyl groups is 2. The normalized spacial score (nSPS) is 14.2. The Labute approximate surface area is 172 Å². The molecule has 0 aromatic heterocycles. The molecular formula is C25H28O4. The molecule has 0 aliphatic carbocycles. The average Bonchev–Trinajstić information content (AvgIpc) is 2.80. The van der Waals surface area contributed by atoms with Crippen molar-refractivity contribution in [3.63, 3.8) is 0 Å². The highest BCUT2D eigenvalue weighted by Crippen LogP contribution is 2.43. The summed E-state index contributed by atoms with van der Waals surface area (Å²) in [6.45, 7) is 0.0971. The van der Waals surface area contributed by atoms with Crippen LogP contribution >= 0.6 is 0 Å². The van der Waals surface area contributed by atoms with Crippen LogP contribution in [-0.2, 0) is 16.9 Å². The van der Waals surface area contributed by atoms with Gasteiger partial charge in [-0.15, -0.1) is 0 Å². The standard InChI is InChI=1S/C25H28O4/c1-28-23-14-8-13-22(17-23)25(19-27,29-18-20-9-4-2-5-10-20)24(15-16-26)21-11-6-3-7-12-21/h2-14,17,24,26-27H,15-16,18-19H2,1H3/t24-,25-/m0/s1. The molecule has 0 aliphatic rings. The summed E-state index contributed by atoms with van der Waals surface area (Å²) in [5.41, 5.74) is 1.81. The van der Waals surface area contributed by atoms with E-state index in [1.807, 2.05) is 84.9 Å². The lowest BCUT2D eigenvalue weighted by Crippen LogP contribution is -2.41. The monoisotopic (exact) mass is 392 g/mol. The second-order valence-electron chi connectivity index (χ2n) is 7.03. The van der Waals surface area contributed by atoms with E-state index < -0.39 is 5.60 Å². The number of hydrogen-bond acceptors (Lipinski definition) is 4. The van der Waals surface area contributed by atoms with Crippen molar-refractivity contribution < 1.29 is 19.7 Å². The van der Waals surface area contributed by atoms with Crippen molar-refractivity contribution in [3.05, 3.63) is 102 Å². The minimum absolute atomic E-state index is 0.0139. The summed E-state index contributed by atoms with van der Waals surface area (Å²) in [6, 6.07) is 27.4. The van der Waals surface area contributed by atoms with E-state index in [1.54, 1.807) is 7.11 Å². The molecule has 3 rings (SSSR count). The van der Waals surface area contributed by atoms with Gasteiger partial charge in [0.05, 0.1) is 20.3 Å². The van der Waals surface area contributed by atoms with Gasteiger partial charge in [0.2, 0.25) is 0 Å². The van der Waals surface area contributed by atoms with Crippen molar-refractivity contribution in [2.75, 3.05) is 20.3 Å². The van der Waals surface area contributed by atoms with Crippen molar-refractivity contribution in [1.29, 1.82) is 0 Å². The third-order valence-electron chi connectivity index (χ3n) is 5.32. The Hall–Kier alpha value is -2.66. The van der Waals surface area contributed by atoms with E-state index in [2.05, 4.69) is 0 Å². The lowest BCUT2D eigenvalue weighted by atomic mass is 9.75. The Morgan fingerprint density at radius 1 is 0.862 bits per heavy atom. The molecule has 0 amide bonds. The van der Waals surface area contributed by atoms with Gasteiger partial charge in [-0.05, 0) is 35.2 Å². The molecule has 29 heavy (non-hydrogen) atoms. The van der Waals surface area contributed by atoms with E-state index >= 15 is 0 Å². The summed E-state index contributed by atoms with van der Waals surface area (Å²) < 4.78 is 11.9. The van der Waals surface area contributed by atoms with Crippen molar-refractivity contribution in [3.8, 4) is 5.75 Å². The molecule has 0 saturated heterocycles. The Kier molecular flexibility index (Phi) is 7.42. The zero-order valence-corrected chi connectivity index (χ0v) is 16.7. The van der Waals surface area contributed by atoms with E-state index in [9.17, 15) is 10.2 Å². The van der Waals surface area contributed by atoms with Gasteiger partial charge in [0, 0.05) is 12.5 Å². The van der Waals surface area contributed by atoms with Gasteiger partial charge in [0.15, 0.2) is 0 Å². The highest BCUT2D eigenvalue weighted by Gasteiger charge is 2.42. The van der Waals surface area contributed by atoms with Crippen LogP contribution in [0.2, 0.25) is 0 Å². The van der Waals surface area contributed by atoms with Crippen LogP contribution in [0.3, 0.4) is 0 Å². The smallest absolute Gasteiger partial charge is 0.123 e. The minimum Gasteiger partial charge on any atom is -0.497 e. The molecule has 4 heteroatoms. The van der Waals surface area contributed by atoms with Crippen LogP contribution in [0, 0.1) is 0 Å². The maximum absolute atomic E-state index is 10.7. The van der Waals surface area contributed by atoms with E-state index in [4.69, 9.17) is 9.47 Å². The number of aliphatic hydroxyl groups excluding tert-OH is 2. The predicted molar refractivity (Wildman–Crippen MR) is 114 cm³/mol. The van der Waals surface area contributed by atoms with Crippen LogP contribution < -0.4 is 4.74 Å². The fourth-order valence-corrected chi connectivity index (χ4v) is 3.79. The van der Waals surface area contributed by atoms with Gasteiger partial charge in [-0.25, -0.2) is 0 Å². The first kappa shape index (κ1) is 21.1. The summed E-state index contributed by atoms with van der Waals surface area (Å²) in [4.78, 5) is 0. The first-order chi connectivity index (χ1) is 14.2. The second kappa shape index (κ2) is 10.2. The van der Waals surface area contributed by atoms with Gasteiger partial charge in [-0.1, -0.05) is 72.8 Å². The Morgan fingerprint density at radius 3 is 2.17 bits per heavy atom. The van der Waals surface area contributed by atoms with Crippen LogP contribution in [0.5, 0.6) is 5.75 Å². The molecule has 0 bridgehead atoms.